The van der Waals surface area contributed by atoms with Crippen LogP contribution in [0.5, 0.6) is 0 Å². The second kappa shape index (κ2) is 7.30. The Bertz CT molecular complexity index is 1380. The van der Waals surface area contributed by atoms with Crippen LogP contribution in [-0.4, -0.2) is 23.2 Å². The number of rotatable bonds is 4. The fourth-order valence-corrected chi connectivity index (χ4v) is 4.99. The van der Waals surface area contributed by atoms with Gasteiger partial charge >= 0.3 is 0 Å². The molecule has 9 heteroatoms. The van der Waals surface area contributed by atoms with Crippen molar-refractivity contribution >= 4 is 44.2 Å². The zero-order valence-corrected chi connectivity index (χ0v) is 18.2. The number of anilines is 2. The van der Waals surface area contributed by atoms with E-state index in [-0.39, 0.29) is 4.90 Å². The van der Waals surface area contributed by atoms with Crippen LogP contribution in [-0.2, 0) is 17.1 Å². The van der Waals surface area contributed by atoms with E-state index >= 15 is 0 Å². The topological polar surface area (TPSA) is 103 Å². The number of aryl methyl sites for hydroxylation is 2. The first-order chi connectivity index (χ1) is 14.2. The highest BCUT2D eigenvalue weighted by molar-refractivity contribution is 7.92. The molecule has 30 heavy (non-hydrogen) atoms. The Hall–Kier alpha value is -3.10. The average molecular weight is 442 g/mol. The highest BCUT2D eigenvalue weighted by atomic mass is 35.5. The van der Waals surface area contributed by atoms with Crippen molar-refractivity contribution in [2.75, 3.05) is 10.5 Å². The lowest BCUT2D eigenvalue weighted by molar-refractivity contribution is 0.600. The van der Waals surface area contributed by atoms with E-state index in [9.17, 15) is 8.42 Å². The van der Waals surface area contributed by atoms with Gasteiger partial charge in [-0.1, -0.05) is 29.8 Å². The summed E-state index contributed by atoms with van der Waals surface area (Å²) in [6, 6.07) is 13.8. The number of nitrogens with two attached hydrogens (primary N) is 1. The van der Waals surface area contributed by atoms with Crippen LogP contribution in [0.25, 0.3) is 22.2 Å². The number of aromatic nitrogens is 3. The molecule has 4 rings (SSSR count). The predicted octanol–water partition coefficient (Wildman–Crippen LogP) is 4.29. The smallest absolute Gasteiger partial charge is 0.262 e. The maximum atomic E-state index is 12.8. The van der Waals surface area contributed by atoms with Gasteiger partial charge in [0.1, 0.15) is 0 Å². The average Bonchev–Trinajstić information content (AvgIpc) is 2.97. The maximum Gasteiger partial charge on any atom is 0.262 e. The summed E-state index contributed by atoms with van der Waals surface area (Å²) in [4.78, 5) is 4.66. The van der Waals surface area contributed by atoms with E-state index in [1.54, 1.807) is 42.9 Å². The maximum absolute atomic E-state index is 12.8. The summed E-state index contributed by atoms with van der Waals surface area (Å²) < 4.78 is 29.8. The number of sulfonamides is 1. The molecule has 2 aromatic heterocycles. The van der Waals surface area contributed by atoms with Crippen LogP contribution < -0.4 is 10.5 Å². The zero-order valence-electron chi connectivity index (χ0n) is 16.6. The van der Waals surface area contributed by atoms with Gasteiger partial charge in [0.2, 0.25) is 0 Å². The van der Waals surface area contributed by atoms with Gasteiger partial charge in [-0.3, -0.25) is 4.72 Å². The molecule has 0 fully saturated rings. The number of benzene rings is 2. The standard InChI is InChI=1S/C21H20ClN5O2S/c1-12-11-16(19-20(23)25-27(3)21(19)24-12)14-7-9-15(10-8-14)26-30(28,29)18-6-4-5-17(22)13(18)2/h4-11,26H,1-3H3,(H2,23,25). The lowest BCUT2D eigenvalue weighted by atomic mass is 10.0. The first-order valence-electron chi connectivity index (χ1n) is 9.15. The lowest BCUT2D eigenvalue weighted by Gasteiger charge is -2.12. The van der Waals surface area contributed by atoms with Crippen LogP contribution in [0.3, 0.4) is 0 Å². The quantitative estimate of drug-likeness (QED) is 0.491. The van der Waals surface area contributed by atoms with Crippen LogP contribution >= 0.6 is 11.6 Å². The van der Waals surface area contributed by atoms with E-state index in [4.69, 9.17) is 17.3 Å². The first-order valence-corrected chi connectivity index (χ1v) is 11.0. The Morgan fingerprint density at radius 1 is 1.10 bits per heavy atom. The molecule has 0 saturated carbocycles. The second-order valence-electron chi connectivity index (χ2n) is 7.06. The van der Waals surface area contributed by atoms with Gasteiger partial charge in [-0.25, -0.2) is 18.1 Å². The largest absolute Gasteiger partial charge is 0.382 e. The molecule has 0 radical (unpaired) electrons. The molecule has 0 unspecified atom stereocenters. The van der Waals surface area contributed by atoms with Gasteiger partial charge in [0.25, 0.3) is 10.0 Å². The molecular formula is C21H20ClN5O2S. The molecule has 154 valence electrons. The minimum Gasteiger partial charge on any atom is -0.382 e. The molecule has 0 aliphatic heterocycles. The molecule has 0 amide bonds. The van der Waals surface area contributed by atoms with E-state index in [2.05, 4.69) is 14.8 Å². The van der Waals surface area contributed by atoms with Gasteiger partial charge in [-0.15, -0.1) is 0 Å². The molecule has 3 N–H and O–H groups in total. The molecular weight excluding hydrogens is 422 g/mol. The fourth-order valence-electron chi connectivity index (χ4n) is 3.44. The van der Waals surface area contributed by atoms with Crippen LogP contribution in [0.4, 0.5) is 11.5 Å². The Morgan fingerprint density at radius 3 is 2.50 bits per heavy atom. The normalized spacial score (nSPS) is 11.7. The third kappa shape index (κ3) is 3.48. The van der Waals surface area contributed by atoms with Gasteiger partial charge in [0.15, 0.2) is 11.5 Å². The third-order valence-corrected chi connectivity index (χ3v) is 6.84. The number of nitrogen functional groups attached to an aromatic ring is 1. The molecule has 0 saturated heterocycles. The summed E-state index contributed by atoms with van der Waals surface area (Å²) in [6.07, 6.45) is 0. The number of hydrogen-bond acceptors (Lipinski definition) is 5. The number of fused-ring (bicyclic) bond motifs is 1. The van der Waals surface area contributed by atoms with Gasteiger partial charge in [0, 0.05) is 23.5 Å². The molecule has 0 bridgehead atoms. The molecule has 4 aromatic rings. The summed E-state index contributed by atoms with van der Waals surface area (Å²) in [5.41, 5.74) is 10.3. The summed E-state index contributed by atoms with van der Waals surface area (Å²) >= 11 is 6.07. The Morgan fingerprint density at radius 2 is 1.80 bits per heavy atom. The van der Waals surface area contributed by atoms with Crippen LogP contribution in [0, 0.1) is 13.8 Å². The number of pyridine rings is 1. The van der Waals surface area contributed by atoms with Gasteiger partial charge in [-0.05, 0) is 60.9 Å². The lowest BCUT2D eigenvalue weighted by Crippen LogP contribution is -2.14. The number of halogens is 1. The van der Waals surface area contributed by atoms with Crippen LogP contribution in [0.2, 0.25) is 5.02 Å². The van der Waals surface area contributed by atoms with Crippen molar-refractivity contribution in [3.05, 3.63) is 64.8 Å². The summed E-state index contributed by atoms with van der Waals surface area (Å²) in [5, 5.41) is 5.43. The van der Waals surface area contributed by atoms with Crippen molar-refractivity contribution in [3.63, 3.8) is 0 Å². The minimum absolute atomic E-state index is 0.147. The second-order valence-corrected chi connectivity index (χ2v) is 9.12. The number of hydrogen-bond donors (Lipinski definition) is 2. The van der Waals surface area contributed by atoms with E-state index in [1.807, 2.05) is 25.1 Å². The van der Waals surface area contributed by atoms with Gasteiger partial charge < -0.3 is 5.73 Å². The van der Waals surface area contributed by atoms with Crippen molar-refractivity contribution in [2.24, 2.45) is 7.05 Å². The van der Waals surface area contributed by atoms with Crippen molar-refractivity contribution in [2.45, 2.75) is 18.7 Å². The monoisotopic (exact) mass is 441 g/mol. The molecule has 7 nitrogen and oxygen atoms in total. The Kier molecular flexibility index (Phi) is 4.91. The van der Waals surface area contributed by atoms with E-state index in [0.29, 0.717) is 27.7 Å². The molecule has 0 spiro atoms. The Labute approximate surface area is 179 Å². The third-order valence-electron chi connectivity index (χ3n) is 4.90. The summed E-state index contributed by atoms with van der Waals surface area (Å²) in [5.74, 6) is 0.399. The highest BCUT2D eigenvalue weighted by Crippen LogP contribution is 2.33. The van der Waals surface area contributed by atoms with Gasteiger partial charge in [-0.2, -0.15) is 5.10 Å². The fraction of sp³-hybridized carbons (Fsp3) is 0.143. The van der Waals surface area contributed by atoms with Crippen LogP contribution in [0.15, 0.2) is 53.4 Å². The number of nitrogens with zero attached hydrogens (tertiary/aromatic N) is 3. The summed E-state index contributed by atoms with van der Waals surface area (Å²) in [6.45, 7) is 3.58. The van der Waals surface area contributed by atoms with Crippen molar-refractivity contribution in [1.82, 2.24) is 14.8 Å². The van der Waals surface area contributed by atoms with E-state index in [1.165, 1.54) is 6.07 Å². The Balaban J connectivity index is 1.71. The van der Waals surface area contributed by atoms with Crippen LogP contribution in [0.1, 0.15) is 11.3 Å². The van der Waals surface area contributed by atoms with Crippen molar-refractivity contribution < 1.29 is 8.42 Å². The first kappa shape index (κ1) is 20.2. The predicted molar refractivity (Wildman–Crippen MR) is 120 cm³/mol. The molecule has 2 aromatic carbocycles. The molecule has 0 aliphatic carbocycles. The summed E-state index contributed by atoms with van der Waals surface area (Å²) in [7, 11) is -1.97. The minimum atomic E-state index is -3.77. The zero-order chi connectivity index (χ0) is 21.6. The van der Waals surface area contributed by atoms with Crippen molar-refractivity contribution in [1.29, 1.82) is 0 Å². The SMILES string of the molecule is Cc1cc(-c2ccc(NS(=O)(=O)c3cccc(Cl)c3C)cc2)c2c(N)nn(C)c2n1. The van der Waals surface area contributed by atoms with Gasteiger partial charge in [0.05, 0.1) is 10.3 Å². The number of nitrogens with one attached hydrogen (secondary N) is 1. The van der Waals surface area contributed by atoms with E-state index in [0.717, 1.165) is 22.2 Å². The molecule has 0 aliphatic rings. The molecule has 0 atom stereocenters. The van der Waals surface area contributed by atoms with Crippen molar-refractivity contribution in [3.8, 4) is 11.1 Å². The molecule has 2 heterocycles. The van der Waals surface area contributed by atoms with E-state index < -0.39 is 10.0 Å². The highest BCUT2D eigenvalue weighted by Gasteiger charge is 2.19.